The van der Waals surface area contributed by atoms with E-state index in [0.717, 1.165) is 30.3 Å². The summed E-state index contributed by atoms with van der Waals surface area (Å²) < 4.78 is 5.89. The van der Waals surface area contributed by atoms with Crippen molar-refractivity contribution in [1.29, 1.82) is 0 Å². The smallest absolute Gasteiger partial charge is 0.273 e. The highest BCUT2D eigenvalue weighted by molar-refractivity contribution is 7.11. The average Bonchev–Trinajstić information content (AvgIpc) is 2.87. The first-order chi connectivity index (χ1) is 7.33. The third kappa shape index (κ3) is 2.49. The summed E-state index contributed by atoms with van der Waals surface area (Å²) in [5, 5.41) is 2.89. The van der Waals surface area contributed by atoms with Crippen molar-refractivity contribution >= 4 is 11.3 Å². The van der Waals surface area contributed by atoms with Gasteiger partial charge in [0.2, 0.25) is 0 Å². The van der Waals surface area contributed by atoms with Gasteiger partial charge in [-0.2, -0.15) is 0 Å². The number of ether oxygens (including phenoxy) is 1. The first-order valence-corrected chi connectivity index (χ1v) is 6.52. The van der Waals surface area contributed by atoms with Crippen LogP contribution < -0.4 is 10.5 Å². The number of nitrogens with two attached hydrogens (primary N) is 1. The zero-order valence-electron chi connectivity index (χ0n) is 9.11. The highest BCUT2D eigenvalue weighted by Gasteiger charge is 2.28. The number of aryl methyl sites for hydroxylation is 1. The molecule has 0 bridgehead atoms. The van der Waals surface area contributed by atoms with Gasteiger partial charge in [0.15, 0.2) is 0 Å². The van der Waals surface area contributed by atoms with Crippen LogP contribution in [0.4, 0.5) is 0 Å². The highest BCUT2D eigenvalue weighted by atomic mass is 32.1. The van der Waals surface area contributed by atoms with Crippen molar-refractivity contribution in [2.24, 2.45) is 11.7 Å². The van der Waals surface area contributed by atoms with Crippen LogP contribution in [0.25, 0.3) is 0 Å². The molecule has 1 aromatic heterocycles. The zero-order valence-corrected chi connectivity index (χ0v) is 9.93. The molecular formula is C11H18N2OS. The second-order valence-corrected chi connectivity index (χ2v) is 4.86. The maximum Gasteiger partial charge on any atom is 0.273 e. The number of thiazole rings is 1. The first-order valence-electron chi connectivity index (χ1n) is 5.64. The molecule has 0 saturated heterocycles. The fourth-order valence-electron chi connectivity index (χ4n) is 2.06. The SMILES string of the molecule is CCc1csc(OC2CCCC2CN)n1. The molecule has 84 valence electrons. The molecular weight excluding hydrogens is 208 g/mol. The summed E-state index contributed by atoms with van der Waals surface area (Å²) in [6.07, 6.45) is 4.84. The average molecular weight is 226 g/mol. The summed E-state index contributed by atoms with van der Waals surface area (Å²) in [5.41, 5.74) is 6.83. The lowest BCUT2D eigenvalue weighted by Gasteiger charge is -2.17. The molecule has 2 rings (SSSR count). The van der Waals surface area contributed by atoms with Crippen LogP contribution in [-0.2, 0) is 6.42 Å². The van der Waals surface area contributed by atoms with E-state index in [1.54, 1.807) is 11.3 Å². The Morgan fingerprint density at radius 1 is 1.60 bits per heavy atom. The predicted molar refractivity (Wildman–Crippen MR) is 62.3 cm³/mol. The van der Waals surface area contributed by atoms with E-state index in [-0.39, 0.29) is 0 Å². The Morgan fingerprint density at radius 2 is 2.47 bits per heavy atom. The molecule has 1 saturated carbocycles. The van der Waals surface area contributed by atoms with Crippen molar-refractivity contribution in [3.05, 3.63) is 11.1 Å². The van der Waals surface area contributed by atoms with Crippen LogP contribution in [0.2, 0.25) is 0 Å². The maximum atomic E-state index is 5.89. The molecule has 2 atom stereocenters. The molecule has 1 aliphatic rings. The van der Waals surface area contributed by atoms with E-state index in [0.29, 0.717) is 12.0 Å². The van der Waals surface area contributed by atoms with Crippen molar-refractivity contribution in [2.45, 2.75) is 38.7 Å². The minimum absolute atomic E-state index is 0.297. The van der Waals surface area contributed by atoms with E-state index in [9.17, 15) is 0 Å². The van der Waals surface area contributed by atoms with Crippen LogP contribution in [0, 0.1) is 5.92 Å². The van der Waals surface area contributed by atoms with Gasteiger partial charge in [-0.05, 0) is 32.2 Å². The Morgan fingerprint density at radius 3 is 3.13 bits per heavy atom. The second kappa shape index (κ2) is 4.94. The summed E-state index contributed by atoms with van der Waals surface area (Å²) in [4.78, 5) is 4.42. The molecule has 0 spiro atoms. The van der Waals surface area contributed by atoms with Crippen molar-refractivity contribution < 1.29 is 4.74 Å². The lowest BCUT2D eigenvalue weighted by Crippen LogP contribution is -2.27. The molecule has 0 radical (unpaired) electrons. The molecule has 0 aliphatic heterocycles. The molecule has 0 amide bonds. The zero-order chi connectivity index (χ0) is 10.7. The van der Waals surface area contributed by atoms with E-state index < -0.39 is 0 Å². The van der Waals surface area contributed by atoms with Gasteiger partial charge < -0.3 is 10.5 Å². The molecule has 1 heterocycles. The summed E-state index contributed by atoms with van der Waals surface area (Å²) in [6, 6.07) is 0. The molecule has 1 aliphatic carbocycles. The number of hydrogen-bond acceptors (Lipinski definition) is 4. The highest BCUT2D eigenvalue weighted by Crippen LogP contribution is 2.30. The molecule has 15 heavy (non-hydrogen) atoms. The van der Waals surface area contributed by atoms with Crippen LogP contribution in [0.1, 0.15) is 31.9 Å². The van der Waals surface area contributed by atoms with Crippen molar-refractivity contribution in [2.75, 3.05) is 6.54 Å². The van der Waals surface area contributed by atoms with Crippen LogP contribution in [0.15, 0.2) is 5.38 Å². The molecule has 2 unspecified atom stereocenters. The van der Waals surface area contributed by atoms with Gasteiger partial charge in [0.25, 0.3) is 5.19 Å². The number of nitrogens with zero attached hydrogens (tertiary/aromatic N) is 1. The number of aromatic nitrogens is 1. The third-order valence-electron chi connectivity index (χ3n) is 3.04. The fourth-order valence-corrected chi connectivity index (χ4v) is 2.87. The summed E-state index contributed by atoms with van der Waals surface area (Å²) in [5.74, 6) is 0.527. The Hall–Kier alpha value is -0.610. The van der Waals surface area contributed by atoms with E-state index in [1.165, 1.54) is 12.8 Å². The van der Waals surface area contributed by atoms with Gasteiger partial charge in [-0.25, -0.2) is 4.98 Å². The standard InChI is InChI=1S/C11H18N2OS/c1-2-9-7-15-11(13-9)14-10-5-3-4-8(10)6-12/h7-8,10H,2-6,12H2,1H3. The van der Waals surface area contributed by atoms with E-state index in [4.69, 9.17) is 10.5 Å². The fraction of sp³-hybridized carbons (Fsp3) is 0.727. The quantitative estimate of drug-likeness (QED) is 0.856. The van der Waals surface area contributed by atoms with Gasteiger partial charge in [-0.1, -0.05) is 18.3 Å². The number of rotatable bonds is 4. The van der Waals surface area contributed by atoms with Gasteiger partial charge in [0.05, 0.1) is 5.69 Å². The predicted octanol–water partition coefficient (Wildman–Crippen LogP) is 2.21. The Labute approximate surface area is 94.7 Å². The topological polar surface area (TPSA) is 48.1 Å². The Kier molecular flexibility index (Phi) is 3.59. The summed E-state index contributed by atoms with van der Waals surface area (Å²) in [7, 11) is 0. The largest absolute Gasteiger partial charge is 0.466 e. The van der Waals surface area contributed by atoms with Crippen LogP contribution in [-0.4, -0.2) is 17.6 Å². The molecule has 1 aromatic rings. The number of hydrogen-bond donors (Lipinski definition) is 1. The molecule has 4 heteroatoms. The van der Waals surface area contributed by atoms with Gasteiger partial charge in [-0.3, -0.25) is 0 Å². The Balaban J connectivity index is 1.95. The van der Waals surface area contributed by atoms with E-state index in [2.05, 4.69) is 17.3 Å². The van der Waals surface area contributed by atoms with Gasteiger partial charge in [-0.15, -0.1) is 0 Å². The van der Waals surface area contributed by atoms with Gasteiger partial charge in [0.1, 0.15) is 6.10 Å². The molecule has 1 fully saturated rings. The Bertz CT molecular complexity index is 313. The van der Waals surface area contributed by atoms with Crippen molar-refractivity contribution in [3.8, 4) is 5.19 Å². The normalized spacial score (nSPS) is 25.7. The first kappa shape index (κ1) is 10.9. The lowest BCUT2D eigenvalue weighted by atomic mass is 10.1. The van der Waals surface area contributed by atoms with Gasteiger partial charge in [0, 0.05) is 11.3 Å². The lowest BCUT2D eigenvalue weighted by molar-refractivity contribution is 0.161. The monoisotopic (exact) mass is 226 g/mol. The second-order valence-electron chi connectivity index (χ2n) is 4.04. The van der Waals surface area contributed by atoms with Gasteiger partial charge >= 0.3 is 0 Å². The van der Waals surface area contributed by atoms with E-state index >= 15 is 0 Å². The maximum absolute atomic E-state index is 5.89. The minimum atomic E-state index is 0.297. The molecule has 2 N–H and O–H groups in total. The molecule has 0 aromatic carbocycles. The van der Waals surface area contributed by atoms with E-state index in [1.807, 2.05) is 0 Å². The minimum Gasteiger partial charge on any atom is -0.466 e. The third-order valence-corrected chi connectivity index (χ3v) is 3.82. The summed E-state index contributed by atoms with van der Waals surface area (Å²) in [6.45, 7) is 2.84. The van der Waals surface area contributed by atoms with Crippen LogP contribution in [0.5, 0.6) is 5.19 Å². The summed E-state index contributed by atoms with van der Waals surface area (Å²) >= 11 is 1.60. The van der Waals surface area contributed by atoms with Crippen LogP contribution in [0.3, 0.4) is 0 Å². The van der Waals surface area contributed by atoms with Crippen LogP contribution >= 0.6 is 11.3 Å². The van der Waals surface area contributed by atoms with Crippen molar-refractivity contribution in [3.63, 3.8) is 0 Å². The van der Waals surface area contributed by atoms with Crippen molar-refractivity contribution in [1.82, 2.24) is 4.98 Å². The molecule has 3 nitrogen and oxygen atoms in total.